The van der Waals surface area contributed by atoms with Gasteiger partial charge in [0.15, 0.2) is 0 Å². The fourth-order valence-electron chi connectivity index (χ4n) is 3.19. The highest BCUT2D eigenvalue weighted by atomic mass is 16.5. The second-order valence-electron chi connectivity index (χ2n) is 5.55. The molecule has 3 rings (SSSR count). The predicted molar refractivity (Wildman–Crippen MR) is 70.4 cm³/mol. The number of hydrogen-bond donors (Lipinski definition) is 1. The van der Waals surface area contributed by atoms with Gasteiger partial charge in [0.1, 0.15) is 0 Å². The first-order valence-corrected chi connectivity index (χ1v) is 7.02. The molecule has 5 nitrogen and oxygen atoms in total. The topological polar surface area (TPSA) is 70.3 Å². The van der Waals surface area contributed by atoms with Crippen LogP contribution in [0.1, 0.15) is 37.4 Å². The SMILES string of the molecule is NC(c1cnccn1)C1CCOC2(CCOCC2)C1. The van der Waals surface area contributed by atoms with Gasteiger partial charge in [0.2, 0.25) is 0 Å². The summed E-state index contributed by atoms with van der Waals surface area (Å²) in [4.78, 5) is 8.45. The number of ether oxygens (including phenoxy) is 2. The molecule has 2 aliphatic heterocycles. The third kappa shape index (κ3) is 2.78. The molecule has 2 unspecified atom stereocenters. The number of hydrogen-bond acceptors (Lipinski definition) is 5. The van der Waals surface area contributed by atoms with Gasteiger partial charge in [0.05, 0.1) is 17.3 Å². The highest BCUT2D eigenvalue weighted by molar-refractivity contribution is 5.05. The molecule has 104 valence electrons. The van der Waals surface area contributed by atoms with Crippen LogP contribution in [0.25, 0.3) is 0 Å². The van der Waals surface area contributed by atoms with Gasteiger partial charge >= 0.3 is 0 Å². The summed E-state index contributed by atoms with van der Waals surface area (Å²) in [5.74, 6) is 0.420. The van der Waals surface area contributed by atoms with Crippen LogP contribution >= 0.6 is 0 Å². The fraction of sp³-hybridized carbons (Fsp3) is 0.714. The molecular formula is C14H21N3O2. The Balaban J connectivity index is 1.71. The maximum absolute atomic E-state index is 6.37. The summed E-state index contributed by atoms with van der Waals surface area (Å²) in [5.41, 5.74) is 7.24. The van der Waals surface area contributed by atoms with E-state index < -0.39 is 0 Å². The summed E-state index contributed by atoms with van der Waals surface area (Å²) in [6.07, 6.45) is 9.14. The molecule has 2 N–H and O–H groups in total. The van der Waals surface area contributed by atoms with Crippen molar-refractivity contribution in [3.05, 3.63) is 24.3 Å². The zero-order valence-corrected chi connectivity index (χ0v) is 11.1. The van der Waals surface area contributed by atoms with Crippen molar-refractivity contribution in [2.24, 2.45) is 11.7 Å². The summed E-state index contributed by atoms with van der Waals surface area (Å²) in [5, 5.41) is 0. The third-order valence-corrected chi connectivity index (χ3v) is 4.37. The summed E-state index contributed by atoms with van der Waals surface area (Å²) in [7, 11) is 0. The normalized spacial score (nSPS) is 28.2. The molecular weight excluding hydrogens is 242 g/mol. The molecule has 2 fully saturated rings. The van der Waals surface area contributed by atoms with E-state index in [9.17, 15) is 0 Å². The first kappa shape index (κ1) is 13.0. The van der Waals surface area contributed by atoms with Crippen LogP contribution in [0, 0.1) is 5.92 Å². The average Bonchev–Trinajstić information content (AvgIpc) is 2.48. The van der Waals surface area contributed by atoms with E-state index in [-0.39, 0.29) is 11.6 Å². The highest BCUT2D eigenvalue weighted by Gasteiger charge is 2.41. The Morgan fingerprint density at radius 1 is 1.26 bits per heavy atom. The molecule has 3 heterocycles. The maximum Gasteiger partial charge on any atom is 0.0756 e. The number of nitrogens with two attached hydrogens (primary N) is 1. The van der Waals surface area contributed by atoms with Crippen molar-refractivity contribution in [1.82, 2.24) is 9.97 Å². The van der Waals surface area contributed by atoms with E-state index in [1.807, 2.05) is 0 Å². The van der Waals surface area contributed by atoms with E-state index in [4.69, 9.17) is 15.2 Å². The highest BCUT2D eigenvalue weighted by Crippen LogP contribution is 2.40. The Kier molecular flexibility index (Phi) is 3.77. The molecule has 2 aliphatic rings. The van der Waals surface area contributed by atoms with Crippen LogP contribution < -0.4 is 5.73 Å². The zero-order valence-electron chi connectivity index (χ0n) is 11.1. The van der Waals surface area contributed by atoms with Gasteiger partial charge in [-0.25, -0.2) is 0 Å². The number of aromatic nitrogens is 2. The lowest BCUT2D eigenvalue weighted by Gasteiger charge is -2.44. The molecule has 1 aromatic heterocycles. The van der Waals surface area contributed by atoms with Gasteiger partial charge in [0, 0.05) is 38.4 Å². The molecule has 5 heteroatoms. The minimum Gasteiger partial charge on any atom is -0.381 e. The van der Waals surface area contributed by atoms with Crippen molar-refractivity contribution in [3.63, 3.8) is 0 Å². The summed E-state index contributed by atoms with van der Waals surface area (Å²) in [6.45, 7) is 2.39. The molecule has 0 bridgehead atoms. The van der Waals surface area contributed by atoms with Crippen molar-refractivity contribution < 1.29 is 9.47 Å². The molecule has 2 atom stereocenters. The van der Waals surface area contributed by atoms with E-state index in [0.29, 0.717) is 5.92 Å². The Labute approximate surface area is 113 Å². The molecule has 0 amide bonds. The molecule has 0 radical (unpaired) electrons. The van der Waals surface area contributed by atoms with Gasteiger partial charge in [-0.3, -0.25) is 9.97 Å². The average molecular weight is 263 g/mol. The lowest BCUT2D eigenvalue weighted by molar-refractivity contribution is -0.149. The lowest BCUT2D eigenvalue weighted by atomic mass is 9.77. The number of rotatable bonds is 2. The van der Waals surface area contributed by atoms with Crippen molar-refractivity contribution in [1.29, 1.82) is 0 Å². The molecule has 2 saturated heterocycles. The second kappa shape index (κ2) is 5.53. The third-order valence-electron chi connectivity index (χ3n) is 4.37. The molecule has 0 saturated carbocycles. The van der Waals surface area contributed by atoms with Gasteiger partial charge in [-0.2, -0.15) is 0 Å². The van der Waals surface area contributed by atoms with Gasteiger partial charge < -0.3 is 15.2 Å². The van der Waals surface area contributed by atoms with Crippen molar-refractivity contribution in [2.45, 2.75) is 37.3 Å². The van der Waals surface area contributed by atoms with Gasteiger partial charge in [0.25, 0.3) is 0 Å². The Morgan fingerprint density at radius 2 is 2.11 bits per heavy atom. The van der Waals surface area contributed by atoms with Crippen molar-refractivity contribution in [3.8, 4) is 0 Å². The Hall–Kier alpha value is -1.04. The molecule has 1 spiro atoms. The standard InChI is InChI=1S/C14H21N3O2/c15-13(12-10-16-4-5-17-12)11-1-6-19-14(9-11)2-7-18-8-3-14/h4-5,10-11,13H,1-3,6-9,15H2. The minimum absolute atomic E-state index is 0.0129. The summed E-state index contributed by atoms with van der Waals surface area (Å²) < 4.78 is 11.5. The first-order chi connectivity index (χ1) is 9.29. The van der Waals surface area contributed by atoms with E-state index >= 15 is 0 Å². The van der Waals surface area contributed by atoms with Crippen LogP contribution in [-0.4, -0.2) is 35.4 Å². The minimum atomic E-state index is -0.0441. The van der Waals surface area contributed by atoms with Gasteiger partial charge in [-0.15, -0.1) is 0 Å². The van der Waals surface area contributed by atoms with E-state index in [2.05, 4.69) is 9.97 Å². The van der Waals surface area contributed by atoms with Gasteiger partial charge in [-0.05, 0) is 31.6 Å². The van der Waals surface area contributed by atoms with E-state index in [1.165, 1.54) is 0 Å². The fourth-order valence-corrected chi connectivity index (χ4v) is 3.19. The van der Waals surface area contributed by atoms with E-state index in [0.717, 1.165) is 51.2 Å². The molecule has 1 aromatic rings. The van der Waals surface area contributed by atoms with Crippen LogP contribution in [0.3, 0.4) is 0 Å². The van der Waals surface area contributed by atoms with Crippen LogP contribution in [-0.2, 0) is 9.47 Å². The molecule has 0 aliphatic carbocycles. The van der Waals surface area contributed by atoms with E-state index in [1.54, 1.807) is 18.6 Å². The maximum atomic E-state index is 6.37. The smallest absolute Gasteiger partial charge is 0.0756 e. The zero-order chi connectivity index (χ0) is 13.1. The largest absolute Gasteiger partial charge is 0.381 e. The van der Waals surface area contributed by atoms with Crippen molar-refractivity contribution >= 4 is 0 Å². The molecule has 19 heavy (non-hydrogen) atoms. The first-order valence-electron chi connectivity index (χ1n) is 7.02. The monoisotopic (exact) mass is 263 g/mol. The van der Waals surface area contributed by atoms with Crippen LogP contribution in [0.2, 0.25) is 0 Å². The van der Waals surface area contributed by atoms with Crippen LogP contribution in [0.5, 0.6) is 0 Å². The predicted octanol–water partition coefficient (Wildman–Crippen LogP) is 1.45. The van der Waals surface area contributed by atoms with Crippen LogP contribution in [0.15, 0.2) is 18.6 Å². The number of nitrogens with zero attached hydrogens (tertiary/aromatic N) is 2. The summed E-state index contributed by atoms with van der Waals surface area (Å²) in [6, 6.07) is -0.0441. The molecule has 0 aromatic carbocycles. The van der Waals surface area contributed by atoms with Gasteiger partial charge in [-0.1, -0.05) is 0 Å². The lowest BCUT2D eigenvalue weighted by Crippen LogP contribution is -2.46. The summed E-state index contributed by atoms with van der Waals surface area (Å²) >= 11 is 0. The Bertz CT molecular complexity index is 401. The quantitative estimate of drug-likeness (QED) is 0.874. The Morgan fingerprint density at radius 3 is 2.84 bits per heavy atom. The van der Waals surface area contributed by atoms with Crippen molar-refractivity contribution in [2.75, 3.05) is 19.8 Å². The van der Waals surface area contributed by atoms with Crippen LogP contribution in [0.4, 0.5) is 0 Å². The second-order valence-corrected chi connectivity index (χ2v) is 5.55.